The molecule has 6 heteroatoms. The van der Waals surface area contributed by atoms with Gasteiger partial charge in [0.2, 0.25) is 11.8 Å². The van der Waals surface area contributed by atoms with Gasteiger partial charge in [0.25, 0.3) is 5.91 Å². The van der Waals surface area contributed by atoms with Gasteiger partial charge in [0, 0.05) is 20.1 Å². The number of nitrogens with one attached hydrogen (secondary N) is 1. The van der Waals surface area contributed by atoms with Crippen molar-refractivity contribution in [3.05, 3.63) is 0 Å². The first-order chi connectivity index (χ1) is 8.28. The van der Waals surface area contributed by atoms with E-state index in [9.17, 15) is 14.4 Å². The highest BCUT2D eigenvalue weighted by Crippen LogP contribution is 2.20. The number of rotatable bonds is 4. The molecule has 0 radical (unpaired) electrons. The highest BCUT2D eigenvalue weighted by Gasteiger charge is 2.43. The van der Waals surface area contributed by atoms with Gasteiger partial charge in [-0.05, 0) is 19.8 Å². The van der Waals surface area contributed by atoms with Crippen LogP contribution >= 0.6 is 0 Å². The summed E-state index contributed by atoms with van der Waals surface area (Å²) in [5.41, 5.74) is -0.988. The van der Waals surface area contributed by atoms with Gasteiger partial charge in [-0.2, -0.15) is 0 Å². The molecule has 1 N–H and O–H groups in total. The van der Waals surface area contributed by atoms with Crippen LogP contribution in [-0.4, -0.2) is 48.4 Å². The molecule has 1 saturated heterocycles. The zero-order valence-electron chi connectivity index (χ0n) is 11.3. The molecule has 102 valence electrons. The summed E-state index contributed by atoms with van der Waals surface area (Å²) in [4.78, 5) is 36.5. The SMILES string of the molecule is COCC(C)CC(=O)N1CC(=O)NC(=O)C1(C)C. The number of hydrogen-bond acceptors (Lipinski definition) is 4. The highest BCUT2D eigenvalue weighted by molar-refractivity contribution is 6.06. The van der Waals surface area contributed by atoms with E-state index in [0.717, 1.165) is 0 Å². The fourth-order valence-electron chi connectivity index (χ4n) is 1.93. The van der Waals surface area contributed by atoms with E-state index < -0.39 is 17.4 Å². The average Bonchev–Trinajstić information content (AvgIpc) is 2.23. The van der Waals surface area contributed by atoms with E-state index in [1.165, 1.54) is 4.90 Å². The van der Waals surface area contributed by atoms with E-state index in [-0.39, 0.29) is 24.8 Å². The van der Waals surface area contributed by atoms with Gasteiger partial charge in [-0.1, -0.05) is 6.92 Å². The van der Waals surface area contributed by atoms with Crippen LogP contribution in [0, 0.1) is 5.92 Å². The predicted molar refractivity (Wildman–Crippen MR) is 64.6 cm³/mol. The van der Waals surface area contributed by atoms with Crippen molar-refractivity contribution in [2.24, 2.45) is 5.92 Å². The second-order valence-corrected chi connectivity index (χ2v) is 5.18. The lowest BCUT2D eigenvalue weighted by molar-refractivity contribution is -0.156. The molecule has 1 aliphatic heterocycles. The van der Waals surface area contributed by atoms with Gasteiger partial charge in [0.05, 0.1) is 0 Å². The molecular formula is C12H20N2O4. The van der Waals surface area contributed by atoms with Crippen LogP contribution in [0.3, 0.4) is 0 Å². The monoisotopic (exact) mass is 256 g/mol. The van der Waals surface area contributed by atoms with Crippen LogP contribution in [0.5, 0.6) is 0 Å². The van der Waals surface area contributed by atoms with Crippen LogP contribution < -0.4 is 5.32 Å². The first-order valence-electron chi connectivity index (χ1n) is 5.92. The summed E-state index contributed by atoms with van der Waals surface area (Å²) in [5, 5.41) is 2.24. The molecule has 0 aliphatic carbocycles. The van der Waals surface area contributed by atoms with Gasteiger partial charge in [0.1, 0.15) is 12.1 Å². The molecule has 1 rings (SSSR count). The number of nitrogens with zero attached hydrogens (tertiary/aromatic N) is 1. The summed E-state index contributed by atoms with van der Waals surface area (Å²) in [6.45, 7) is 5.55. The standard InChI is InChI=1S/C12H20N2O4/c1-8(7-18-4)5-10(16)14-6-9(15)13-11(17)12(14,2)3/h8H,5-7H2,1-4H3,(H,13,15,17). The van der Waals surface area contributed by atoms with Gasteiger partial charge in [0.15, 0.2) is 0 Å². The van der Waals surface area contributed by atoms with Crippen LogP contribution in [0.4, 0.5) is 0 Å². The van der Waals surface area contributed by atoms with E-state index in [4.69, 9.17) is 4.74 Å². The third-order valence-corrected chi connectivity index (χ3v) is 3.06. The van der Waals surface area contributed by atoms with E-state index in [1.807, 2.05) is 6.92 Å². The number of hydrogen-bond donors (Lipinski definition) is 1. The summed E-state index contributed by atoms with van der Waals surface area (Å²) >= 11 is 0. The molecule has 6 nitrogen and oxygen atoms in total. The quantitative estimate of drug-likeness (QED) is 0.714. The number of carbonyl (C=O) groups excluding carboxylic acids is 3. The first-order valence-corrected chi connectivity index (χ1v) is 5.92. The first kappa shape index (κ1) is 14.6. The van der Waals surface area contributed by atoms with Crippen LogP contribution in [0.1, 0.15) is 27.2 Å². The number of methoxy groups -OCH3 is 1. The van der Waals surface area contributed by atoms with Crippen LogP contribution in [0.15, 0.2) is 0 Å². The van der Waals surface area contributed by atoms with Gasteiger partial charge in [-0.3, -0.25) is 19.7 Å². The van der Waals surface area contributed by atoms with Gasteiger partial charge in [-0.15, -0.1) is 0 Å². The molecule has 0 aromatic heterocycles. The van der Waals surface area contributed by atoms with E-state index in [1.54, 1.807) is 21.0 Å². The van der Waals surface area contributed by atoms with E-state index >= 15 is 0 Å². The summed E-state index contributed by atoms with van der Waals surface area (Å²) in [5.74, 6) is -1.02. The minimum absolute atomic E-state index is 0.0541. The van der Waals surface area contributed by atoms with Crippen LogP contribution in [-0.2, 0) is 19.1 Å². The van der Waals surface area contributed by atoms with E-state index in [0.29, 0.717) is 6.61 Å². The van der Waals surface area contributed by atoms with Crippen molar-refractivity contribution in [3.63, 3.8) is 0 Å². The molecule has 1 heterocycles. The molecule has 0 bridgehead atoms. The Hall–Kier alpha value is -1.43. The maximum Gasteiger partial charge on any atom is 0.252 e. The van der Waals surface area contributed by atoms with Crippen molar-refractivity contribution in [1.82, 2.24) is 10.2 Å². The van der Waals surface area contributed by atoms with E-state index in [2.05, 4.69) is 5.32 Å². The zero-order valence-corrected chi connectivity index (χ0v) is 11.3. The summed E-state index contributed by atoms with van der Waals surface area (Å²) < 4.78 is 4.97. The Morgan fingerprint density at radius 1 is 1.50 bits per heavy atom. The van der Waals surface area contributed by atoms with Crippen molar-refractivity contribution < 1.29 is 19.1 Å². The van der Waals surface area contributed by atoms with Crippen molar-refractivity contribution in [1.29, 1.82) is 0 Å². The van der Waals surface area contributed by atoms with Gasteiger partial charge >= 0.3 is 0 Å². The molecule has 1 aliphatic rings. The van der Waals surface area contributed by atoms with Crippen molar-refractivity contribution in [3.8, 4) is 0 Å². The molecule has 1 fully saturated rings. The number of imide groups is 1. The molecule has 1 atom stereocenters. The lowest BCUT2D eigenvalue weighted by atomic mass is 9.97. The van der Waals surface area contributed by atoms with Gasteiger partial charge < -0.3 is 9.64 Å². The number of carbonyl (C=O) groups is 3. The smallest absolute Gasteiger partial charge is 0.252 e. The van der Waals surface area contributed by atoms with Crippen molar-refractivity contribution in [2.45, 2.75) is 32.7 Å². The zero-order chi connectivity index (χ0) is 13.9. The largest absolute Gasteiger partial charge is 0.384 e. The Kier molecular flexibility index (Phi) is 4.45. The normalized spacial score (nSPS) is 20.6. The minimum Gasteiger partial charge on any atom is -0.384 e. The predicted octanol–water partition coefficient (Wildman–Crippen LogP) is -0.0774. The lowest BCUT2D eigenvalue weighted by Crippen LogP contribution is -2.65. The lowest BCUT2D eigenvalue weighted by Gasteiger charge is -2.40. The Balaban J connectivity index is 2.76. The molecule has 0 aromatic carbocycles. The fraction of sp³-hybridized carbons (Fsp3) is 0.750. The maximum atomic E-state index is 12.1. The molecule has 18 heavy (non-hydrogen) atoms. The Morgan fingerprint density at radius 2 is 2.11 bits per heavy atom. The number of ether oxygens (including phenoxy) is 1. The van der Waals surface area contributed by atoms with Crippen molar-refractivity contribution >= 4 is 17.7 Å². The summed E-state index contributed by atoms with van der Waals surface area (Å²) in [6.07, 6.45) is 0.262. The maximum absolute atomic E-state index is 12.1. The molecule has 0 saturated carbocycles. The van der Waals surface area contributed by atoms with Crippen LogP contribution in [0.25, 0.3) is 0 Å². The average molecular weight is 256 g/mol. The summed E-state index contributed by atoms with van der Waals surface area (Å²) in [7, 11) is 1.57. The minimum atomic E-state index is -0.988. The third kappa shape index (κ3) is 3.07. The molecule has 0 aromatic rings. The third-order valence-electron chi connectivity index (χ3n) is 3.06. The second-order valence-electron chi connectivity index (χ2n) is 5.18. The second kappa shape index (κ2) is 5.48. The topological polar surface area (TPSA) is 75.7 Å². The van der Waals surface area contributed by atoms with Crippen LogP contribution in [0.2, 0.25) is 0 Å². The molecular weight excluding hydrogens is 236 g/mol. The molecule has 3 amide bonds. The Labute approximate surface area is 107 Å². The number of piperazine rings is 1. The number of amides is 3. The Bertz CT molecular complexity index is 365. The van der Waals surface area contributed by atoms with Crippen molar-refractivity contribution in [2.75, 3.05) is 20.3 Å². The fourth-order valence-corrected chi connectivity index (χ4v) is 1.93. The summed E-state index contributed by atoms with van der Waals surface area (Å²) in [6, 6.07) is 0. The molecule has 1 unspecified atom stereocenters. The Morgan fingerprint density at radius 3 is 2.67 bits per heavy atom. The highest BCUT2D eigenvalue weighted by atomic mass is 16.5. The molecule has 0 spiro atoms. The van der Waals surface area contributed by atoms with Gasteiger partial charge in [-0.25, -0.2) is 0 Å².